The van der Waals surface area contributed by atoms with Crippen LogP contribution in [0, 0.1) is 0 Å². The number of rotatable bonds is 9. The molecule has 0 aromatic heterocycles. The second-order valence-electron chi connectivity index (χ2n) is 3.90. The van der Waals surface area contributed by atoms with Crippen molar-refractivity contribution in [3.8, 4) is 0 Å². The summed E-state index contributed by atoms with van der Waals surface area (Å²) in [6, 6.07) is 0. The lowest BCUT2D eigenvalue weighted by molar-refractivity contribution is -0.125. The van der Waals surface area contributed by atoms with Crippen LogP contribution in [0.25, 0.3) is 0 Å². The Morgan fingerprint density at radius 3 is 2.06 bits per heavy atom. The highest BCUT2D eigenvalue weighted by Crippen LogP contribution is 2.04. The fraction of sp³-hybridized carbons (Fsp3) is 0.900. The van der Waals surface area contributed by atoms with Gasteiger partial charge in [-0.15, -0.1) is 0 Å². The number of aliphatic hydroxyl groups excluding tert-OH is 3. The number of nitrogens with two attached hydrogens (primary N) is 1. The molecular weight excluding hydrogens is 212 g/mol. The van der Waals surface area contributed by atoms with Crippen LogP contribution < -0.4 is 11.1 Å². The van der Waals surface area contributed by atoms with Crippen molar-refractivity contribution >= 4 is 5.91 Å². The molecule has 1 amide bonds. The zero-order valence-corrected chi connectivity index (χ0v) is 9.48. The SMILES string of the molecule is NCCCCCC(=O)NC(CO)(CO)CO. The predicted molar refractivity (Wildman–Crippen MR) is 59.7 cm³/mol. The van der Waals surface area contributed by atoms with Crippen molar-refractivity contribution in [1.29, 1.82) is 0 Å². The molecule has 0 aliphatic rings. The molecular formula is C10H22N2O4. The topological polar surface area (TPSA) is 116 Å². The summed E-state index contributed by atoms with van der Waals surface area (Å²) in [6.07, 6.45) is 2.76. The van der Waals surface area contributed by atoms with E-state index in [0.717, 1.165) is 12.8 Å². The Kier molecular flexibility index (Phi) is 8.10. The van der Waals surface area contributed by atoms with E-state index in [1.165, 1.54) is 0 Å². The summed E-state index contributed by atoms with van der Waals surface area (Å²) in [4.78, 5) is 11.4. The van der Waals surface area contributed by atoms with Crippen molar-refractivity contribution in [1.82, 2.24) is 5.32 Å². The third-order valence-electron chi connectivity index (χ3n) is 2.42. The molecule has 0 aliphatic carbocycles. The van der Waals surface area contributed by atoms with Crippen LogP contribution in [0.1, 0.15) is 25.7 Å². The van der Waals surface area contributed by atoms with Gasteiger partial charge >= 0.3 is 0 Å². The van der Waals surface area contributed by atoms with E-state index in [-0.39, 0.29) is 5.91 Å². The summed E-state index contributed by atoms with van der Waals surface area (Å²) in [6.45, 7) is -0.868. The van der Waals surface area contributed by atoms with E-state index < -0.39 is 25.4 Å². The van der Waals surface area contributed by atoms with Gasteiger partial charge in [0.2, 0.25) is 5.91 Å². The predicted octanol–water partition coefficient (Wildman–Crippen LogP) is -1.66. The summed E-state index contributed by atoms with van der Waals surface area (Å²) >= 11 is 0. The third-order valence-corrected chi connectivity index (χ3v) is 2.42. The van der Waals surface area contributed by atoms with Gasteiger partial charge in [-0.2, -0.15) is 0 Å². The van der Waals surface area contributed by atoms with Gasteiger partial charge in [-0.05, 0) is 19.4 Å². The van der Waals surface area contributed by atoms with Crippen LogP contribution in [0.4, 0.5) is 0 Å². The zero-order chi connectivity index (χ0) is 12.4. The minimum Gasteiger partial charge on any atom is -0.394 e. The molecule has 0 aliphatic heterocycles. The van der Waals surface area contributed by atoms with Gasteiger partial charge < -0.3 is 26.4 Å². The van der Waals surface area contributed by atoms with E-state index in [0.29, 0.717) is 19.4 Å². The maximum atomic E-state index is 11.4. The first-order valence-corrected chi connectivity index (χ1v) is 5.48. The van der Waals surface area contributed by atoms with Crippen LogP contribution in [0.15, 0.2) is 0 Å². The number of unbranched alkanes of at least 4 members (excludes halogenated alkanes) is 2. The maximum Gasteiger partial charge on any atom is 0.220 e. The summed E-state index contributed by atoms with van der Waals surface area (Å²) in [7, 11) is 0. The molecule has 96 valence electrons. The second-order valence-corrected chi connectivity index (χ2v) is 3.90. The van der Waals surface area contributed by atoms with E-state index in [1.54, 1.807) is 0 Å². The average Bonchev–Trinajstić information content (AvgIpc) is 2.32. The van der Waals surface area contributed by atoms with Crippen molar-refractivity contribution in [3.63, 3.8) is 0 Å². The molecule has 0 fully saturated rings. The van der Waals surface area contributed by atoms with Crippen molar-refractivity contribution in [2.75, 3.05) is 26.4 Å². The van der Waals surface area contributed by atoms with Crippen LogP contribution >= 0.6 is 0 Å². The van der Waals surface area contributed by atoms with Gasteiger partial charge in [-0.25, -0.2) is 0 Å². The minimum atomic E-state index is -1.31. The highest BCUT2D eigenvalue weighted by atomic mass is 16.3. The lowest BCUT2D eigenvalue weighted by Gasteiger charge is -2.28. The molecule has 0 bridgehead atoms. The number of hydrogen-bond acceptors (Lipinski definition) is 5. The Balaban J connectivity index is 3.91. The van der Waals surface area contributed by atoms with E-state index in [4.69, 9.17) is 21.1 Å². The van der Waals surface area contributed by atoms with Crippen LogP contribution in [-0.2, 0) is 4.79 Å². The fourth-order valence-corrected chi connectivity index (χ4v) is 1.23. The lowest BCUT2D eigenvalue weighted by Crippen LogP contribution is -2.57. The highest BCUT2D eigenvalue weighted by molar-refractivity contribution is 5.76. The molecule has 0 rings (SSSR count). The number of nitrogens with one attached hydrogen (secondary N) is 1. The van der Waals surface area contributed by atoms with Crippen molar-refractivity contribution in [3.05, 3.63) is 0 Å². The molecule has 6 heteroatoms. The molecule has 0 atom stereocenters. The molecule has 0 aromatic rings. The summed E-state index contributed by atoms with van der Waals surface area (Å²) < 4.78 is 0. The molecule has 0 heterocycles. The van der Waals surface area contributed by atoms with E-state index in [9.17, 15) is 4.79 Å². The first-order valence-electron chi connectivity index (χ1n) is 5.48. The lowest BCUT2D eigenvalue weighted by atomic mass is 10.0. The molecule has 0 radical (unpaired) electrons. The van der Waals surface area contributed by atoms with Gasteiger partial charge in [-0.1, -0.05) is 6.42 Å². The second kappa shape index (κ2) is 8.46. The number of hydrogen-bond donors (Lipinski definition) is 5. The average molecular weight is 234 g/mol. The van der Waals surface area contributed by atoms with Gasteiger partial charge in [0.05, 0.1) is 19.8 Å². The first kappa shape index (κ1) is 15.3. The number of aliphatic hydroxyl groups is 3. The van der Waals surface area contributed by atoms with Crippen LogP contribution in [0.5, 0.6) is 0 Å². The largest absolute Gasteiger partial charge is 0.394 e. The standard InChI is InChI=1S/C10H22N2O4/c11-5-3-1-2-4-9(16)12-10(6-13,7-14)8-15/h13-15H,1-8,11H2,(H,12,16). The molecule has 0 unspecified atom stereocenters. The fourth-order valence-electron chi connectivity index (χ4n) is 1.23. The molecule has 0 aromatic carbocycles. The van der Waals surface area contributed by atoms with Gasteiger partial charge in [0, 0.05) is 6.42 Å². The zero-order valence-electron chi connectivity index (χ0n) is 9.48. The maximum absolute atomic E-state index is 11.4. The number of amides is 1. The van der Waals surface area contributed by atoms with Crippen LogP contribution in [0.2, 0.25) is 0 Å². The van der Waals surface area contributed by atoms with Crippen LogP contribution in [-0.4, -0.2) is 53.1 Å². The number of carbonyl (C=O) groups excluding carboxylic acids is 1. The van der Waals surface area contributed by atoms with Gasteiger partial charge in [0.1, 0.15) is 5.54 Å². The van der Waals surface area contributed by atoms with Gasteiger partial charge in [0.15, 0.2) is 0 Å². The van der Waals surface area contributed by atoms with Crippen molar-refractivity contribution in [2.24, 2.45) is 5.73 Å². The van der Waals surface area contributed by atoms with E-state index in [2.05, 4.69) is 5.32 Å². The monoisotopic (exact) mass is 234 g/mol. The van der Waals surface area contributed by atoms with Crippen molar-refractivity contribution in [2.45, 2.75) is 31.2 Å². The quantitative estimate of drug-likeness (QED) is 0.306. The van der Waals surface area contributed by atoms with Crippen LogP contribution in [0.3, 0.4) is 0 Å². The molecule has 0 spiro atoms. The Bertz CT molecular complexity index is 187. The summed E-state index contributed by atoms with van der Waals surface area (Å²) in [5, 5.41) is 29.4. The third kappa shape index (κ3) is 5.41. The van der Waals surface area contributed by atoms with Crippen molar-refractivity contribution < 1.29 is 20.1 Å². The molecule has 0 saturated heterocycles. The first-order chi connectivity index (χ1) is 7.64. The minimum absolute atomic E-state index is 0.283. The molecule has 6 N–H and O–H groups in total. The summed E-state index contributed by atoms with van der Waals surface area (Å²) in [5.41, 5.74) is 4.00. The smallest absolute Gasteiger partial charge is 0.220 e. The molecule has 0 saturated carbocycles. The normalized spacial score (nSPS) is 11.5. The van der Waals surface area contributed by atoms with Gasteiger partial charge in [-0.3, -0.25) is 4.79 Å². The Hall–Kier alpha value is -0.690. The Morgan fingerprint density at radius 1 is 1.06 bits per heavy atom. The Morgan fingerprint density at radius 2 is 1.62 bits per heavy atom. The number of carbonyl (C=O) groups is 1. The highest BCUT2D eigenvalue weighted by Gasteiger charge is 2.29. The molecule has 6 nitrogen and oxygen atoms in total. The van der Waals surface area contributed by atoms with Gasteiger partial charge in [0.25, 0.3) is 0 Å². The van der Waals surface area contributed by atoms with E-state index >= 15 is 0 Å². The molecule has 16 heavy (non-hydrogen) atoms. The Labute approximate surface area is 95.5 Å². The summed E-state index contributed by atoms with van der Waals surface area (Å²) in [5.74, 6) is -0.283. The van der Waals surface area contributed by atoms with E-state index in [1.807, 2.05) is 0 Å².